The van der Waals surface area contributed by atoms with Crippen molar-refractivity contribution in [3.05, 3.63) is 58.7 Å². The van der Waals surface area contributed by atoms with Crippen molar-refractivity contribution in [3.8, 4) is 5.75 Å². The summed E-state index contributed by atoms with van der Waals surface area (Å²) in [5, 5.41) is 0. The molecule has 3 rings (SSSR count). The van der Waals surface area contributed by atoms with Gasteiger partial charge in [0.2, 0.25) is 23.3 Å². The second-order valence-electron chi connectivity index (χ2n) is 6.19. The van der Waals surface area contributed by atoms with E-state index < -0.39 is 40.9 Å². The highest BCUT2D eigenvalue weighted by Gasteiger charge is 2.27. The quantitative estimate of drug-likeness (QED) is 0.460. The first-order chi connectivity index (χ1) is 12.7. The van der Waals surface area contributed by atoms with Crippen molar-refractivity contribution in [2.45, 2.75) is 26.4 Å². The highest BCUT2D eigenvalue weighted by Crippen LogP contribution is 2.31. The van der Waals surface area contributed by atoms with E-state index >= 15 is 0 Å². The topological polar surface area (TPSA) is 46.6 Å². The Bertz CT molecular complexity index is 919. The fourth-order valence-electron chi connectivity index (χ4n) is 3.00. The van der Waals surface area contributed by atoms with Gasteiger partial charge in [0, 0.05) is 30.8 Å². The van der Waals surface area contributed by atoms with Crippen LogP contribution in [-0.2, 0) is 11.2 Å². The van der Waals surface area contributed by atoms with Gasteiger partial charge in [-0.2, -0.15) is 8.78 Å². The molecule has 0 saturated carbocycles. The number of carbonyl (C=O) groups excluding carboxylic acids is 2. The fourth-order valence-corrected chi connectivity index (χ4v) is 3.00. The Balaban J connectivity index is 1.85. The normalized spacial score (nSPS) is 14.1. The number of rotatable bonds is 4. The molecule has 4 nitrogen and oxygen atoms in total. The summed E-state index contributed by atoms with van der Waals surface area (Å²) in [5.74, 6) is -8.68. The number of ether oxygens (including phenoxy) is 1. The van der Waals surface area contributed by atoms with Crippen molar-refractivity contribution in [3.63, 3.8) is 0 Å². The molecule has 2 aromatic carbocycles. The third kappa shape index (κ3) is 3.39. The van der Waals surface area contributed by atoms with Crippen molar-refractivity contribution in [2.24, 2.45) is 0 Å². The van der Waals surface area contributed by atoms with Crippen molar-refractivity contribution < 1.29 is 31.9 Å². The number of ketones is 1. The van der Waals surface area contributed by atoms with Crippen LogP contribution in [0.15, 0.2) is 24.3 Å². The van der Waals surface area contributed by atoms with Crippen molar-refractivity contribution in [2.75, 3.05) is 11.4 Å². The van der Waals surface area contributed by atoms with Crippen molar-refractivity contribution in [1.29, 1.82) is 0 Å². The third-order valence-electron chi connectivity index (χ3n) is 4.38. The molecule has 27 heavy (non-hydrogen) atoms. The molecule has 0 bridgehead atoms. The minimum absolute atomic E-state index is 0.0608. The summed E-state index contributed by atoms with van der Waals surface area (Å²) in [5.41, 5.74) is 1.67. The number of hydrogen-bond donors (Lipinski definition) is 0. The molecule has 0 N–H and O–H groups in total. The molecule has 0 aliphatic carbocycles. The maximum Gasteiger partial charge on any atom is 0.223 e. The summed E-state index contributed by atoms with van der Waals surface area (Å²) in [6, 6.07) is 4.69. The Labute approximate surface area is 152 Å². The van der Waals surface area contributed by atoms with E-state index in [1.807, 2.05) is 0 Å². The Morgan fingerprint density at radius 2 is 1.70 bits per heavy atom. The summed E-state index contributed by atoms with van der Waals surface area (Å²) in [6.45, 7) is 3.15. The molecule has 1 aliphatic heterocycles. The van der Waals surface area contributed by atoms with Crippen LogP contribution in [0.3, 0.4) is 0 Å². The molecule has 142 valence electrons. The SMILES string of the molecule is CC(=O)N1CCc2cc(C(=O)[C@@H](C)Oc3c(F)c(F)cc(F)c3F)ccc21. The molecule has 0 saturated heterocycles. The van der Waals surface area contributed by atoms with Gasteiger partial charge in [0.25, 0.3) is 0 Å². The van der Waals surface area contributed by atoms with E-state index in [1.165, 1.54) is 19.9 Å². The van der Waals surface area contributed by atoms with Gasteiger partial charge in [-0.25, -0.2) is 8.78 Å². The van der Waals surface area contributed by atoms with Crippen molar-refractivity contribution >= 4 is 17.4 Å². The van der Waals surface area contributed by atoms with E-state index in [0.29, 0.717) is 18.7 Å². The molecule has 0 spiro atoms. The lowest BCUT2D eigenvalue weighted by atomic mass is 10.0. The molecule has 1 aliphatic rings. The van der Waals surface area contributed by atoms with E-state index in [0.717, 1.165) is 5.56 Å². The number of Topliss-reactive ketones (excluding diaryl/α,β-unsaturated/α-hetero) is 1. The molecule has 0 radical (unpaired) electrons. The highest BCUT2D eigenvalue weighted by molar-refractivity contribution is 6.01. The van der Waals surface area contributed by atoms with Gasteiger partial charge in [0.05, 0.1) is 0 Å². The maximum absolute atomic E-state index is 13.7. The fraction of sp³-hybridized carbons (Fsp3) is 0.263. The van der Waals surface area contributed by atoms with Crippen LogP contribution in [0.2, 0.25) is 0 Å². The summed E-state index contributed by atoms with van der Waals surface area (Å²) < 4.78 is 58.8. The van der Waals surface area contributed by atoms with Crippen LogP contribution in [0.5, 0.6) is 5.75 Å². The molecular formula is C19H15F4NO3. The average Bonchev–Trinajstić information content (AvgIpc) is 3.06. The number of nitrogens with zero attached hydrogens (tertiary/aromatic N) is 1. The number of amides is 1. The first-order valence-corrected chi connectivity index (χ1v) is 8.15. The lowest BCUT2D eigenvalue weighted by Crippen LogP contribution is -2.26. The van der Waals surface area contributed by atoms with E-state index in [4.69, 9.17) is 4.74 Å². The number of hydrogen-bond acceptors (Lipinski definition) is 3. The van der Waals surface area contributed by atoms with Crippen LogP contribution in [0, 0.1) is 23.3 Å². The molecule has 0 aromatic heterocycles. The lowest BCUT2D eigenvalue weighted by Gasteiger charge is -2.17. The molecule has 8 heteroatoms. The number of fused-ring (bicyclic) bond motifs is 1. The van der Waals surface area contributed by atoms with Gasteiger partial charge in [0.15, 0.2) is 23.5 Å². The van der Waals surface area contributed by atoms with Gasteiger partial charge in [-0.3, -0.25) is 9.59 Å². The Kier molecular flexibility index (Phi) is 4.91. The molecule has 1 amide bonds. The van der Waals surface area contributed by atoms with E-state index in [9.17, 15) is 27.2 Å². The van der Waals surface area contributed by atoms with Crippen LogP contribution in [0.4, 0.5) is 23.2 Å². The second kappa shape index (κ2) is 7.02. The largest absolute Gasteiger partial charge is 0.476 e. The van der Waals surface area contributed by atoms with E-state index in [2.05, 4.69) is 0 Å². The monoisotopic (exact) mass is 381 g/mol. The minimum atomic E-state index is -1.71. The van der Waals surface area contributed by atoms with Crippen molar-refractivity contribution in [1.82, 2.24) is 0 Å². The summed E-state index contributed by atoms with van der Waals surface area (Å²) in [6.07, 6.45) is -0.831. The molecular weight excluding hydrogens is 366 g/mol. The van der Waals surface area contributed by atoms with Crippen LogP contribution < -0.4 is 9.64 Å². The average molecular weight is 381 g/mol. The van der Waals surface area contributed by atoms with Crippen LogP contribution in [-0.4, -0.2) is 24.3 Å². The smallest absolute Gasteiger partial charge is 0.223 e. The Morgan fingerprint density at radius 3 is 2.30 bits per heavy atom. The first-order valence-electron chi connectivity index (χ1n) is 8.15. The minimum Gasteiger partial charge on any atom is -0.476 e. The predicted octanol–water partition coefficient (Wildman–Crippen LogP) is 3.80. The zero-order valence-corrected chi connectivity index (χ0v) is 14.5. The first kappa shape index (κ1) is 18.9. The lowest BCUT2D eigenvalue weighted by molar-refractivity contribution is -0.116. The van der Waals surface area contributed by atoms with Crippen LogP contribution in [0.1, 0.15) is 29.8 Å². The van der Waals surface area contributed by atoms with Crippen LogP contribution >= 0.6 is 0 Å². The zero-order chi connectivity index (χ0) is 19.9. The highest BCUT2D eigenvalue weighted by atomic mass is 19.2. The number of carbonyl (C=O) groups is 2. The molecule has 0 fully saturated rings. The number of benzene rings is 2. The van der Waals surface area contributed by atoms with Gasteiger partial charge in [-0.05, 0) is 37.1 Å². The molecule has 0 unspecified atom stereocenters. The van der Waals surface area contributed by atoms with Gasteiger partial charge in [-0.1, -0.05) is 0 Å². The third-order valence-corrected chi connectivity index (χ3v) is 4.38. The second-order valence-corrected chi connectivity index (χ2v) is 6.19. The Hall–Kier alpha value is -2.90. The molecule has 2 aromatic rings. The number of anilines is 1. The summed E-state index contributed by atoms with van der Waals surface area (Å²) in [4.78, 5) is 25.7. The van der Waals surface area contributed by atoms with E-state index in [-0.39, 0.29) is 17.5 Å². The van der Waals surface area contributed by atoms with Gasteiger partial charge in [-0.15, -0.1) is 0 Å². The summed E-state index contributed by atoms with van der Waals surface area (Å²) >= 11 is 0. The van der Waals surface area contributed by atoms with Gasteiger partial charge < -0.3 is 9.64 Å². The molecule has 1 heterocycles. The zero-order valence-electron chi connectivity index (χ0n) is 14.5. The van der Waals surface area contributed by atoms with E-state index in [1.54, 1.807) is 17.0 Å². The predicted molar refractivity (Wildman–Crippen MR) is 88.9 cm³/mol. The standard InChI is InChI=1S/C19H15F4NO3/c1-9(27-19-16(22)13(20)8-14(21)17(19)23)18(26)12-3-4-15-11(7-12)5-6-24(15)10(2)25/h3-4,7-9H,5-6H2,1-2H3/t9-/m1/s1. The Morgan fingerprint density at radius 1 is 1.07 bits per heavy atom. The maximum atomic E-state index is 13.7. The summed E-state index contributed by atoms with van der Waals surface area (Å²) in [7, 11) is 0. The van der Waals surface area contributed by atoms with Gasteiger partial charge in [0.1, 0.15) is 0 Å². The molecule has 1 atom stereocenters. The van der Waals surface area contributed by atoms with Crippen LogP contribution in [0.25, 0.3) is 0 Å². The number of halogens is 4. The van der Waals surface area contributed by atoms with Gasteiger partial charge >= 0.3 is 0 Å².